The van der Waals surface area contributed by atoms with Gasteiger partial charge in [0, 0.05) is 11.1 Å². The van der Waals surface area contributed by atoms with Crippen LogP contribution in [-0.4, -0.2) is 17.7 Å². The molecule has 1 atom stereocenters. The molecule has 1 aliphatic heterocycles. The van der Waals surface area contributed by atoms with E-state index >= 15 is 0 Å². The predicted octanol–water partition coefficient (Wildman–Crippen LogP) is 3.24. The van der Waals surface area contributed by atoms with Crippen LogP contribution in [0.5, 0.6) is 0 Å². The number of carbonyl (C=O) groups excluding carboxylic acids is 1. The van der Waals surface area contributed by atoms with Crippen LogP contribution in [0, 0.1) is 5.82 Å². The molecule has 6 heteroatoms. The number of hydrogen-bond acceptors (Lipinski definition) is 3. The molecule has 1 aliphatic rings. The highest BCUT2D eigenvalue weighted by Gasteiger charge is 2.26. The summed E-state index contributed by atoms with van der Waals surface area (Å²) in [5.41, 5.74) is 7.69. The van der Waals surface area contributed by atoms with Crippen molar-refractivity contribution in [1.82, 2.24) is 0 Å². The maximum Gasteiger partial charge on any atom is 0.248 e. The molecule has 1 heterocycles. The SMILES string of the molecule is CC1N=C(c2ccccc2F)c2c(ccc(N)c2Cl)NC1=O. The van der Waals surface area contributed by atoms with E-state index in [-0.39, 0.29) is 16.5 Å². The standard InChI is InChI=1S/C16H13ClFN3O/c1-8-16(22)21-12-7-6-11(19)14(17)13(12)15(20-8)9-4-2-3-5-10(9)18/h2-8H,19H2,1H3,(H,21,22). The highest BCUT2D eigenvalue weighted by Crippen LogP contribution is 2.34. The van der Waals surface area contributed by atoms with Crippen molar-refractivity contribution in [1.29, 1.82) is 0 Å². The molecule has 2 aromatic rings. The molecule has 0 fully saturated rings. The summed E-state index contributed by atoms with van der Waals surface area (Å²) in [7, 11) is 0. The highest BCUT2D eigenvalue weighted by atomic mass is 35.5. The molecule has 0 aromatic heterocycles. The summed E-state index contributed by atoms with van der Waals surface area (Å²) < 4.78 is 14.2. The molecule has 3 rings (SSSR count). The predicted molar refractivity (Wildman–Crippen MR) is 86.0 cm³/mol. The molecule has 1 unspecified atom stereocenters. The Bertz CT molecular complexity index is 804. The molecular weight excluding hydrogens is 305 g/mol. The fourth-order valence-electron chi connectivity index (χ4n) is 2.34. The van der Waals surface area contributed by atoms with Crippen LogP contribution in [0.1, 0.15) is 18.1 Å². The van der Waals surface area contributed by atoms with Crippen molar-refractivity contribution in [3.63, 3.8) is 0 Å². The first-order valence-electron chi connectivity index (χ1n) is 6.71. The summed E-state index contributed by atoms with van der Waals surface area (Å²) in [6.07, 6.45) is 0. The molecule has 112 valence electrons. The molecule has 0 saturated carbocycles. The van der Waals surface area contributed by atoms with Crippen LogP contribution in [0.2, 0.25) is 5.02 Å². The molecule has 0 spiro atoms. The van der Waals surface area contributed by atoms with E-state index in [2.05, 4.69) is 10.3 Å². The smallest absolute Gasteiger partial charge is 0.248 e. The Morgan fingerprint density at radius 1 is 1.27 bits per heavy atom. The van der Waals surface area contributed by atoms with Crippen molar-refractivity contribution >= 4 is 34.6 Å². The van der Waals surface area contributed by atoms with E-state index in [0.717, 1.165) is 0 Å². The van der Waals surface area contributed by atoms with Crippen LogP contribution in [0.4, 0.5) is 15.8 Å². The summed E-state index contributed by atoms with van der Waals surface area (Å²) in [5.74, 6) is -0.722. The van der Waals surface area contributed by atoms with Gasteiger partial charge in [0.1, 0.15) is 11.9 Å². The third-order valence-corrected chi connectivity index (χ3v) is 3.90. The Morgan fingerprint density at radius 3 is 2.73 bits per heavy atom. The van der Waals surface area contributed by atoms with Crippen LogP contribution in [-0.2, 0) is 4.79 Å². The number of fused-ring (bicyclic) bond motifs is 1. The normalized spacial score (nSPS) is 17.3. The summed E-state index contributed by atoms with van der Waals surface area (Å²) in [6.45, 7) is 1.64. The zero-order chi connectivity index (χ0) is 15.9. The van der Waals surface area contributed by atoms with E-state index in [4.69, 9.17) is 17.3 Å². The molecule has 0 aliphatic carbocycles. The van der Waals surface area contributed by atoms with E-state index in [1.807, 2.05) is 0 Å². The number of benzene rings is 2. The van der Waals surface area contributed by atoms with Gasteiger partial charge in [-0.25, -0.2) is 4.39 Å². The van der Waals surface area contributed by atoms with Crippen molar-refractivity contribution in [2.45, 2.75) is 13.0 Å². The number of halogens is 2. The number of benzodiazepines with no additional fused rings is 1. The average Bonchev–Trinajstić information content (AvgIpc) is 2.61. The van der Waals surface area contributed by atoms with Gasteiger partial charge in [0.15, 0.2) is 0 Å². The van der Waals surface area contributed by atoms with Gasteiger partial charge in [-0.3, -0.25) is 9.79 Å². The molecule has 1 amide bonds. The summed E-state index contributed by atoms with van der Waals surface area (Å²) in [5, 5.41) is 2.99. The fraction of sp³-hybridized carbons (Fsp3) is 0.125. The van der Waals surface area contributed by atoms with Crippen molar-refractivity contribution in [2.24, 2.45) is 4.99 Å². The van der Waals surface area contributed by atoms with Gasteiger partial charge in [0.2, 0.25) is 5.91 Å². The number of nitrogens with one attached hydrogen (secondary N) is 1. The average molecular weight is 318 g/mol. The van der Waals surface area contributed by atoms with Gasteiger partial charge in [0.25, 0.3) is 0 Å². The number of hydrogen-bond donors (Lipinski definition) is 2. The van der Waals surface area contributed by atoms with Gasteiger partial charge in [-0.2, -0.15) is 0 Å². The molecule has 4 nitrogen and oxygen atoms in total. The maximum absolute atomic E-state index is 14.2. The topological polar surface area (TPSA) is 67.5 Å². The van der Waals surface area contributed by atoms with Crippen LogP contribution in [0.15, 0.2) is 41.4 Å². The van der Waals surface area contributed by atoms with Crippen molar-refractivity contribution in [2.75, 3.05) is 11.1 Å². The molecule has 0 radical (unpaired) electrons. The van der Waals surface area contributed by atoms with E-state index in [0.29, 0.717) is 22.6 Å². The van der Waals surface area contributed by atoms with Crippen molar-refractivity contribution in [3.05, 3.63) is 58.4 Å². The van der Waals surface area contributed by atoms with Crippen LogP contribution in [0.3, 0.4) is 0 Å². The Morgan fingerprint density at radius 2 is 2.00 bits per heavy atom. The molecule has 3 N–H and O–H groups in total. The largest absolute Gasteiger partial charge is 0.398 e. The van der Waals surface area contributed by atoms with Crippen LogP contribution >= 0.6 is 11.6 Å². The lowest BCUT2D eigenvalue weighted by Gasteiger charge is -2.14. The lowest BCUT2D eigenvalue weighted by atomic mass is 9.99. The van der Waals surface area contributed by atoms with Crippen molar-refractivity contribution < 1.29 is 9.18 Å². The number of nitrogens with zero attached hydrogens (tertiary/aromatic N) is 1. The second kappa shape index (κ2) is 5.42. The molecule has 0 bridgehead atoms. The Hall–Kier alpha value is -2.40. The zero-order valence-corrected chi connectivity index (χ0v) is 12.5. The minimum absolute atomic E-state index is 0.244. The Labute approximate surface area is 131 Å². The van der Waals surface area contributed by atoms with Gasteiger partial charge >= 0.3 is 0 Å². The fourth-order valence-corrected chi connectivity index (χ4v) is 2.59. The van der Waals surface area contributed by atoms with E-state index in [9.17, 15) is 9.18 Å². The molecule has 0 saturated heterocycles. The molecular formula is C16H13ClFN3O. The van der Waals surface area contributed by atoms with E-state index in [1.165, 1.54) is 6.07 Å². The summed E-state index contributed by atoms with van der Waals surface area (Å²) in [4.78, 5) is 16.4. The van der Waals surface area contributed by atoms with Crippen LogP contribution in [0.25, 0.3) is 0 Å². The first-order valence-corrected chi connectivity index (χ1v) is 7.08. The lowest BCUT2D eigenvalue weighted by molar-refractivity contribution is -0.116. The number of nitrogens with two attached hydrogens (primary N) is 1. The Balaban J connectivity index is 2.33. The maximum atomic E-state index is 14.2. The second-order valence-electron chi connectivity index (χ2n) is 5.01. The van der Waals surface area contributed by atoms with Gasteiger partial charge < -0.3 is 11.1 Å². The highest BCUT2D eigenvalue weighted by molar-refractivity contribution is 6.39. The monoisotopic (exact) mass is 317 g/mol. The summed E-state index contributed by atoms with van der Waals surface area (Å²) in [6, 6.07) is 8.79. The van der Waals surface area contributed by atoms with Gasteiger partial charge in [-0.15, -0.1) is 0 Å². The Kier molecular flexibility index (Phi) is 3.58. The van der Waals surface area contributed by atoms with E-state index < -0.39 is 11.9 Å². The van der Waals surface area contributed by atoms with Gasteiger partial charge in [-0.05, 0) is 31.2 Å². The first kappa shape index (κ1) is 14.5. The van der Waals surface area contributed by atoms with E-state index in [1.54, 1.807) is 37.3 Å². The minimum Gasteiger partial charge on any atom is -0.398 e. The second-order valence-corrected chi connectivity index (χ2v) is 5.39. The number of rotatable bonds is 1. The van der Waals surface area contributed by atoms with Crippen molar-refractivity contribution in [3.8, 4) is 0 Å². The summed E-state index contributed by atoms with van der Waals surface area (Å²) >= 11 is 6.30. The van der Waals surface area contributed by atoms with Gasteiger partial charge in [-0.1, -0.05) is 23.7 Å². The minimum atomic E-state index is -0.667. The molecule has 2 aromatic carbocycles. The number of carbonyl (C=O) groups is 1. The third-order valence-electron chi connectivity index (χ3n) is 3.50. The number of amides is 1. The molecule has 22 heavy (non-hydrogen) atoms. The number of anilines is 2. The quantitative estimate of drug-likeness (QED) is 0.793. The third kappa shape index (κ3) is 2.33. The van der Waals surface area contributed by atoms with Crippen LogP contribution < -0.4 is 11.1 Å². The number of aliphatic imine (C=N–C) groups is 1. The van der Waals surface area contributed by atoms with Gasteiger partial charge in [0.05, 0.1) is 22.1 Å². The number of nitrogen functional groups attached to an aromatic ring is 1. The zero-order valence-electron chi connectivity index (χ0n) is 11.7. The lowest BCUT2D eigenvalue weighted by Crippen LogP contribution is -2.22. The first-order chi connectivity index (χ1) is 10.5.